The van der Waals surface area contributed by atoms with Crippen molar-refractivity contribution in [3.05, 3.63) is 64.7 Å². The average molecular weight is 489 g/mol. The molecule has 0 radical (unpaired) electrons. The van der Waals surface area contributed by atoms with Crippen LogP contribution in [0.1, 0.15) is 55.5 Å². The van der Waals surface area contributed by atoms with E-state index in [4.69, 9.17) is 21.3 Å². The minimum Gasteiger partial charge on any atom is -0.470 e. The molecule has 1 aromatic carbocycles. The molecule has 1 saturated heterocycles. The molecule has 6 rings (SSSR count). The van der Waals surface area contributed by atoms with Crippen molar-refractivity contribution in [3.63, 3.8) is 0 Å². The van der Waals surface area contributed by atoms with Gasteiger partial charge in [0.25, 0.3) is 0 Å². The summed E-state index contributed by atoms with van der Waals surface area (Å²) in [6, 6.07) is 9.87. The lowest BCUT2D eigenvalue weighted by Crippen LogP contribution is -2.18. The first kappa shape index (κ1) is 22.0. The third-order valence-electron chi connectivity index (χ3n) is 6.72. The maximum atomic E-state index is 11.7. The zero-order valence-corrected chi connectivity index (χ0v) is 20.3. The molecule has 4 aromatic rings. The van der Waals surface area contributed by atoms with Crippen LogP contribution in [0.3, 0.4) is 0 Å². The second-order valence-corrected chi connectivity index (χ2v) is 10.1. The molecule has 1 amide bonds. The summed E-state index contributed by atoms with van der Waals surface area (Å²) >= 11 is 6.81. The number of hydrogen-bond acceptors (Lipinski definition) is 6. The fourth-order valence-electron chi connectivity index (χ4n) is 4.50. The largest absolute Gasteiger partial charge is 0.470 e. The predicted molar refractivity (Wildman–Crippen MR) is 132 cm³/mol. The Morgan fingerprint density at radius 2 is 2.06 bits per heavy atom. The molecule has 1 aliphatic heterocycles. The molecule has 178 valence electrons. The van der Waals surface area contributed by atoms with Crippen LogP contribution in [-0.4, -0.2) is 36.0 Å². The highest BCUT2D eigenvalue weighted by Gasteiger charge is 2.41. The second kappa shape index (κ2) is 8.30. The molecule has 0 spiro atoms. The van der Waals surface area contributed by atoms with Crippen molar-refractivity contribution >= 4 is 28.7 Å². The standard InChI is InChI=1S/C26H25ClN6O2/c1-15-7-10-28-17(11-15)13-33-23(18-4-3-16(12-19(18)27)20-5-6-21(34)31-20)32-22-24(33)29-14-30-25(22)35-26(2)8-9-26/h3-4,7,10-12,14,20H,5-6,8-9,13H2,1-2H3,(H,31,34). The lowest BCUT2D eigenvalue weighted by Gasteiger charge is -2.14. The first-order valence-electron chi connectivity index (χ1n) is 11.8. The predicted octanol–water partition coefficient (Wildman–Crippen LogP) is 4.78. The summed E-state index contributed by atoms with van der Waals surface area (Å²) in [5, 5.41) is 3.56. The molecular formula is C26H25ClN6O2. The summed E-state index contributed by atoms with van der Waals surface area (Å²) in [7, 11) is 0. The molecule has 35 heavy (non-hydrogen) atoms. The molecule has 9 heteroatoms. The van der Waals surface area contributed by atoms with E-state index in [0.29, 0.717) is 40.9 Å². The number of hydrogen-bond donors (Lipinski definition) is 1. The number of carbonyl (C=O) groups excluding carboxylic acids is 1. The zero-order valence-electron chi connectivity index (χ0n) is 19.6. The van der Waals surface area contributed by atoms with Crippen molar-refractivity contribution in [2.75, 3.05) is 0 Å². The molecule has 0 bridgehead atoms. The number of aromatic nitrogens is 5. The van der Waals surface area contributed by atoms with Gasteiger partial charge in [-0.05, 0) is 68.5 Å². The molecule has 4 heterocycles. The Hall–Kier alpha value is -3.52. The normalized spacial score (nSPS) is 18.6. The molecule has 1 N–H and O–H groups in total. The third kappa shape index (κ3) is 4.23. The van der Waals surface area contributed by atoms with Crippen LogP contribution in [0, 0.1) is 6.92 Å². The van der Waals surface area contributed by atoms with Crippen molar-refractivity contribution in [1.29, 1.82) is 0 Å². The van der Waals surface area contributed by atoms with Gasteiger partial charge in [0.15, 0.2) is 11.2 Å². The van der Waals surface area contributed by atoms with Gasteiger partial charge in [-0.1, -0.05) is 17.7 Å². The Bertz CT molecular complexity index is 1460. The monoisotopic (exact) mass is 488 g/mol. The molecule has 2 aliphatic rings. The Morgan fingerprint density at radius 1 is 1.20 bits per heavy atom. The number of amides is 1. The first-order valence-corrected chi connectivity index (χ1v) is 12.2. The van der Waals surface area contributed by atoms with E-state index in [1.54, 1.807) is 6.20 Å². The summed E-state index contributed by atoms with van der Waals surface area (Å²) < 4.78 is 8.22. The number of fused-ring (bicyclic) bond motifs is 1. The fraction of sp³-hybridized carbons (Fsp3) is 0.346. The van der Waals surface area contributed by atoms with Crippen LogP contribution >= 0.6 is 11.6 Å². The number of carbonyl (C=O) groups is 1. The number of imidazole rings is 1. The lowest BCUT2D eigenvalue weighted by molar-refractivity contribution is -0.119. The highest BCUT2D eigenvalue weighted by molar-refractivity contribution is 6.33. The number of rotatable bonds is 6. The van der Waals surface area contributed by atoms with Gasteiger partial charge < -0.3 is 14.6 Å². The summed E-state index contributed by atoms with van der Waals surface area (Å²) in [4.78, 5) is 30.1. The highest BCUT2D eigenvalue weighted by atomic mass is 35.5. The summed E-state index contributed by atoms with van der Waals surface area (Å²) in [6.45, 7) is 4.59. The number of aryl methyl sites for hydroxylation is 1. The van der Waals surface area contributed by atoms with Crippen LogP contribution in [-0.2, 0) is 11.3 Å². The summed E-state index contributed by atoms with van der Waals surface area (Å²) in [5.41, 5.74) is 4.85. The molecule has 1 atom stereocenters. The summed E-state index contributed by atoms with van der Waals surface area (Å²) in [6.07, 6.45) is 6.60. The number of halogens is 1. The van der Waals surface area contributed by atoms with E-state index >= 15 is 0 Å². The topological polar surface area (TPSA) is 94.8 Å². The van der Waals surface area contributed by atoms with Gasteiger partial charge in [0.05, 0.1) is 23.3 Å². The molecule has 1 aliphatic carbocycles. The van der Waals surface area contributed by atoms with E-state index < -0.39 is 0 Å². The third-order valence-corrected chi connectivity index (χ3v) is 7.03. The molecule has 8 nitrogen and oxygen atoms in total. The van der Waals surface area contributed by atoms with Gasteiger partial charge in [-0.15, -0.1) is 0 Å². The lowest BCUT2D eigenvalue weighted by atomic mass is 10.0. The second-order valence-electron chi connectivity index (χ2n) is 9.65. The minimum atomic E-state index is -0.200. The molecule has 3 aromatic heterocycles. The Balaban J connectivity index is 1.47. The van der Waals surface area contributed by atoms with Crippen LogP contribution in [0.5, 0.6) is 5.88 Å². The van der Waals surface area contributed by atoms with E-state index in [2.05, 4.69) is 27.2 Å². The van der Waals surface area contributed by atoms with E-state index in [1.807, 2.05) is 41.8 Å². The average Bonchev–Trinajstić information content (AvgIpc) is 3.22. The van der Waals surface area contributed by atoms with Crippen LogP contribution in [0.2, 0.25) is 5.02 Å². The van der Waals surface area contributed by atoms with Crippen molar-refractivity contribution < 1.29 is 9.53 Å². The Kier molecular flexibility index (Phi) is 5.21. The number of ether oxygens (including phenoxy) is 1. The fourth-order valence-corrected chi connectivity index (χ4v) is 4.77. The van der Waals surface area contributed by atoms with Crippen molar-refractivity contribution in [2.45, 2.75) is 57.7 Å². The van der Waals surface area contributed by atoms with Crippen molar-refractivity contribution in [2.24, 2.45) is 0 Å². The van der Waals surface area contributed by atoms with Gasteiger partial charge in [0.1, 0.15) is 17.8 Å². The van der Waals surface area contributed by atoms with Gasteiger partial charge >= 0.3 is 0 Å². The molecular weight excluding hydrogens is 464 g/mol. The smallest absolute Gasteiger partial charge is 0.245 e. The van der Waals surface area contributed by atoms with Gasteiger partial charge in [0.2, 0.25) is 11.8 Å². The van der Waals surface area contributed by atoms with Crippen LogP contribution in [0.15, 0.2) is 42.9 Å². The highest BCUT2D eigenvalue weighted by Crippen LogP contribution is 2.41. The Labute approximate surface area is 207 Å². The van der Waals surface area contributed by atoms with Gasteiger partial charge in [-0.2, -0.15) is 4.98 Å². The van der Waals surface area contributed by atoms with E-state index in [0.717, 1.165) is 41.6 Å². The van der Waals surface area contributed by atoms with Gasteiger partial charge in [-0.3, -0.25) is 9.78 Å². The Morgan fingerprint density at radius 3 is 2.77 bits per heavy atom. The number of nitrogens with zero attached hydrogens (tertiary/aromatic N) is 5. The van der Waals surface area contributed by atoms with Gasteiger partial charge in [0, 0.05) is 18.2 Å². The van der Waals surface area contributed by atoms with Crippen LogP contribution in [0.4, 0.5) is 0 Å². The maximum absolute atomic E-state index is 11.7. The molecule has 1 saturated carbocycles. The minimum absolute atomic E-state index is 0.0190. The van der Waals surface area contributed by atoms with E-state index in [1.165, 1.54) is 6.33 Å². The van der Waals surface area contributed by atoms with E-state index in [9.17, 15) is 4.79 Å². The number of nitrogens with one attached hydrogen (secondary N) is 1. The summed E-state index contributed by atoms with van der Waals surface area (Å²) in [5.74, 6) is 1.22. The molecule has 1 unspecified atom stereocenters. The van der Waals surface area contributed by atoms with Gasteiger partial charge in [-0.25, -0.2) is 9.97 Å². The van der Waals surface area contributed by atoms with Crippen molar-refractivity contribution in [3.8, 4) is 17.3 Å². The maximum Gasteiger partial charge on any atom is 0.245 e. The van der Waals surface area contributed by atoms with Crippen molar-refractivity contribution in [1.82, 2.24) is 29.8 Å². The van der Waals surface area contributed by atoms with Crippen LogP contribution in [0.25, 0.3) is 22.6 Å². The van der Waals surface area contributed by atoms with Crippen LogP contribution < -0.4 is 10.1 Å². The number of pyridine rings is 1. The quantitative estimate of drug-likeness (QED) is 0.419. The molecule has 2 fully saturated rings. The SMILES string of the molecule is Cc1ccnc(Cn2c(-c3ccc(C4CCC(=O)N4)cc3Cl)nc3c(OC4(C)CC4)ncnc32)c1. The van der Waals surface area contributed by atoms with E-state index in [-0.39, 0.29) is 17.6 Å². The number of benzene rings is 1. The first-order chi connectivity index (χ1) is 16.9. The zero-order chi connectivity index (χ0) is 24.2.